The molecule has 0 aliphatic carbocycles. The van der Waals surface area contributed by atoms with Crippen LogP contribution in [-0.4, -0.2) is 32.8 Å². The summed E-state index contributed by atoms with van der Waals surface area (Å²) in [6, 6.07) is 19.3. The molecular weight excluding hydrogens is 492 g/mol. The molecule has 0 spiro atoms. The molecule has 0 saturated heterocycles. The summed E-state index contributed by atoms with van der Waals surface area (Å²) >= 11 is 3.44. The lowest BCUT2D eigenvalue weighted by Crippen LogP contribution is -2.27. The number of hydrogen-bond acceptors (Lipinski definition) is 5. The maximum atomic E-state index is 13.6. The maximum absolute atomic E-state index is 13.6. The maximum Gasteiger partial charge on any atom is 0.279 e. The zero-order valence-electron chi connectivity index (χ0n) is 17.9. The van der Waals surface area contributed by atoms with Gasteiger partial charge in [-0.05, 0) is 55.0 Å². The van der Waals surface area contributed by atoms with Crippen molar-refractivity contribution < 1.29 is 17.9 Å². The monoisotopic (exact) mass is 514 g/mol. The molecule has 4 rings (SSSR count). The lowest BCUT2D eigenvalue weighted by Gasteiger charge is -2.23. The standard InChI is InChI=1S/C24H23BrN2O4S/c1-16-4-11-20(12-5-16)32(28,29)27-23(17-6-8-18(25)9-7-17)15-22(26-27)21-14-19(30-2)10-13-24(21)31-3/h4-14,23H,15H2,1-3H3/t23-/m1/s1. The Morgan fingerprint density at radius 1 is 0.969 bits per heavy atom. The third kappa shape index (κ3) is 4.25. The Labute approximate surface area is 196 Å². The molecule has 6 nitrogen and oxygen atoms in total. The van der Waals surface area contributed by atoms with E-state index in [-0.39, 0.29) is 4.90 Å². The molecule has 1 aliphatic rings. The first-order valence-corrected chi connectivity index (χ1v) is 12.2. The summed E-state index contributed by atoms with van der Waals surface area (Å²) in [5, 5.41) is 4.61. The molecule has 0 radical (unpaired) electrons. The number of benzene rings is 3. The van der Waals surface area contributed by atoms with Crippen LogP contribution in [0.3, 0.4) is 0 Å². The second kappa shape index (κ2) is 8.96. The highest BCUT2D eigenvalue weighted by atomic mass is 79.9. The minimum atomic E-state index is -3.88. The van der Waals surface area contributed by atoms with Gasteiger partial charge in [-0.3, -0.25) is 0 Å². The van der Waals surface area contributed by atoms with Gasteiger partial charge in [0.25, 0.3) is 10.0 Å². The number of rotatable bonds is 6. The third-order valence-electron chi connectivity index (χ3n) is 5.41. The molecule has 0 saturated carbocycles. The van der Waals surface area contributed by atoms with E-state index in [9.17, 15) is 8.42 Å². The topological polar surface area (TPSA) is 68.2 Å². The first-order valence-electron chi connectivity index (χ1n) is 10.00. The molecule has 0 unspecified atom stereocenters. The van der Waals surface area contributed by atoms with Crippen LogP contribution in [0.25, 0.3) is 0 Å². The zero-order chi connectivity index (χ0) is 22.9. The van der Waals surface area contributed by atoms with Crippen LogP contribution in [0.15, 0.2) is 81.2 Å². The van der Waals surface area contributed by atoms with Crippen molar-refractivity contribution in [3.63, 3.8) is 0 Å². The van der Waals surface area contributed by atoms with Crippen molar-refractivity contribution in [3.8, 4) is 11.5 Å². The Morgan fingerprint density at radius 2 is 1.66 bits per heavy atom. The molecule has 8 heteroatoms. The first-order chi connectivity index (χ1) is 15.3. The van der Waals surface area contributed by atoms with Gasteiger partial charge in [-0.25, -0.2) is 0 Å². The molecule has 3 aromatic carbocycles. The van der Waals surface area contributed by atoms with Gasteiger partial charge in [-0.1, -0.05) is 45.8 Å². The van der Waals surface area contributed by atoms with Gasteiger partial charge in [-0.15, -0.1) is 0 Å². The van der Waals surface area contributed by atoms with Gasteiger partial charge in [0.05, 0.1) is 30.9 Å². The van der Waals surface area contributed by atoms with Crippen LogP contribution in [0.5, 0.6) is 11.5 Å². The van der Waals surface area contributed by atoms with Crippen molar-refractivity contribution in [2.24, 2.45) is 5.10 Å². The second-order valence-electron chi connectivity index (χ2n) is 7.48. The molecular formula is C24H23BrN2O4S. The zero-order valence-corrected chi connectivity index (χ0v) is 20.4. The summed E-state index contributed by atoms with van der Waals surface area (Å²) in [6.45, 7) is 1.92. The lowest BCUT2D eigenvalue weighted by molar-refractivity contribution is 0.371. The third-order valence-corrected chi connectivity index (χ3v) is 7.64. The minimum absolute atomic E-state index is 0.202. The van der Waals surface area contributed by atoms with Gasteiger partial charge in [0.2, 0.25) is 0 Å². The Balaban J connectivity index is 1.84. The fourth-order valence-corrected chi connectivity index (χ4v) is 5.36. The Hall–Kier alpha value is -2.84. The predicted molar refractivity (Wildman–Crippen MR) is 128 cm³/mol. The van der Waals surface area contributed by atoms with Gasteiger partial charge in [0.1, 0.15) is 11.5 Å². The number of hydrazone groups is 1. The highest BCUT2D eigenvalue weighted by Crippen LogP contribution is 2.39. The van der Waals surface area contributed by atoms with Crippen LogP contribution in [0.4, 0.5) is 0 Å². The van der Waals surface area contributed by atoms with E-state index in [0.29, 0.717) is 29.2 Å². The predicted octanol–water partition coefficient (Wildman–Crippen LogP) is 5.31. The van der Waals surface area contributed by atoms with Crippen LogP contribution in [0, 0.1) is 6.92 Å². The number of halogens is 1. The molecule has 1 heterocycles. The largest absolute Gasteiger partial charge is 0.497 e. The van der Waals surface area contributed by atoms with Crippen LogP contribution in [-0.2, 0) is 10.0 Å². The molecule has 0 N–H and O–H groups in total. The average molecular weight is 515 g/mol. The fourth-order valence-electron chi connectivity index (χ4n) is 3.66. The number of sulfonamides is 1. The van der Waals surface area contributed by atoms with E-state index in [1.165, 1.54) is 4.41 Å². The molecule has 1 atom stereocenters. The van der Waals surface area contributed by atoms with E-state index in [1.807, 2.05) is 37.3 Å². The molecule has 0 bridgehead atoms. The van der Waals surface area contributed by atoms with Gasteiger partial charge in [0, 0.05) is 16.5 Å². The highest BCUT2D eigenvalue weighted by molar-refractivity contribution is 9.10. The summed E-state index contributed by atoms with van der Waals surface area (Å²) in [4.78, 5) is 0.202. The van der Waals surface area contributed by atoms with Gasteiger partial charge < -0.3 is 9.47 Å². The summed E-state index contributed by atoms with van der Waals surface area (Å²) in [7, 11) is -0.716. The summed E-state index contributed by atoms with van der Waals surface area (Å²) < 4.78 is 40.2. The summed E-state index contributed by atoms with van der Waals surface area (Å²) in [5.74, 6) is 1.25. The lowest BCUT2D eigenvalue weighted by atomic mass is 9.98. The Morgan fingerprint density at radius 3 is 2.28 bits per heavy atom. The van der Waals surface area contributed by atoms with Crippen molar-refractivity contribution in [1.82, 2.24) is 4.41 Å². The van der Waals surface area contributed by atoms with Crippen LogP contribution < -0.4 is 9.47 Å². The molecule has 32 heavy (non-hydrogen) atoms. The molecule has 166 valence electrons. The quantitative estimate of drug-likeness (QED) is 0.446. The van der Waals surface area contributed by atoms with Crippen LogP contribution in [0.2, 0.25) is 0 Å². The smallest absolute Gasteiger partial charge is 0.279 e. The van der Waals surface area contributed by atoms with E-state index in [2.05, 4.69) is 21.0 Å². The van der Waals surface area contributed by atoms with E-state index in [4.69, 9.17) is 9.47 Å². The van der Waals surface area contributed by atoms with Gasteiger partial charge in [-0.2, -0.15) is 17.9 Å². The number of hydrogen-bond donors (Lipinski definition) is 0. The highest BCUT2D eigenvalue weighted by Gasteiger charge is 2.38. The number of nitrogens with zero attached hydrogens (tertiary/aromatic N) is 2. The Bertz CT molecular complexity index is 1260. The molecule has 0 amide bonds. The van der Waals surface area contributed by atoms with Crippen LogP contribution >= 0.6 is 15.9 Å². The summed E-state index contributed by atoms with van der Waals surface area (Å²) in [5.41, 5.74) is 3.16. The summed E-state index contributed by atoms with van der Waals surface area (Å²) in [6.07, 6.45) is 0.399. The van der Waals surface area contributed by atoms with Crippen molar-refractivity contribution in [1.29, 1.82) is 0 Å². The van der Waals surface area contributed by atoms with Crippen molar-refractivity contribution in [2.45, 2.75) is 24.3 Å². The first kappa shape index (κ1) is 22.4. The van der Waals surface area contributed by atoms with Gasteiger partial charge >= 0.3 is 0 Å². The second-order valence-corrected chi connectivity index (χ2v) is 10.2. The SMILES string of the molecule is COc1ccc(OC)c(C2=NN(S(=O)(=O)c3ccc(C)cc3)[C@@H](c3ccc(Br)cc3)C2)c1. The minimum Gasteiger partial charge on any atom is -0.497 e. The van der Waals surface area contributed by atoms with E-state index in [0.717, 1.165) is 15.6 Å². The van der Waals surface area contributed by atoms with Crippen molar-refractivity contribution in [2.75, 3.05) is 14.2 Å². The number of methoxy groups -OCH3 is 2. The number of ether oxygens (including phenoxy) is 2. The van der Waals surface area contributed by atoms with Crippen LogP contribution in [0.1, 0.15) is 29.2 Å². The fraction of sp³-hybridized carbons (Fsp3) is 0.208. The average Bonchev–Trinajstić information content (AvgIpc) is 3.25. The molecule has 0 aromatic heterocycles. The van der Waals surface area contributed by atoms with E-state index < -0.39 is 16.1 Å². The van der Waals surface area contributed by atoms with Gasteiger partial charge in [0.15, 0.2) is 0 Å². The molecule has 1 aliphatic heterocycles. The Kier molecular flexibility index (Phi) is 6.26. The normalized spacial score (nSPS) is 16.1. The van der Waals surface area contributed by atoms with Crippen molar-refractivity contribution >= 4 is 31.7 Å². The van der Waals surface area contributed by atoms with Crippen molar-refractivity contribution in [3.05, 3.63) is 87.9 Å². The molecule has 0 fully saturated rings. The molecule has 3 aromatic rings. The number of aryl methyl sites for hydroxylation is 1. The van der Waals surface area contributed by atoms with E-state index >= 15 is 0 Å². The van der Waals surface area contributed by atoms with E-state index in [1.54, 1.807) is 50.6 Å².